The monoisotopic (exact) mass is 256 g/mol. The highest BCUT2D eigenvalue weighted by Crippen LogP contribution is 2.16. The van der Waals surface area contributed by atoms with Gasteiger partial charge in [0.2, 0.25) is 11.7 Å². The maximum Gasteiger partial charge on any atom is 0.373 e. The Balaban J connectivity index is 2.56. The standard InChI is InChI=1S/C11H16N2O5/c1-6(13-5-7(14)10(12)15)8-3-4-9(18-8)11(16)17-2/h3-4,6-7,13-14H,5H2,1-2H3,(H2,12,15). The second-order valence-electron chi connectivity index (χ2n) is 3.74. The van der Waals surface area contributed by atoms with Crippen LogP contribution in [0.4, 0.5) is 0 Å². The largest absolute Gasteiger partial charge is 0.463 e. The molecule has 0 aliphatic carbocycles. The van der Waals surface area contributed by atoms with E-state index in [2.05, 4.69) is 10.1 Å². The molecule has 100 valence electrons. The number of carbonyl (C=O) groups is 2. The molecule has 1 heterocycles. The van der Waals surface area contributed by atoms with Crippen molar-refractivity contribution in [2.45, 2.75) is 19.1 Å². The molecule has 0 aromatic carbocycles. The highest BCUT2D eigenvalue weighted by atomic mass is 16.5. The lowest BCUT2D eigenvalue weighted by molar-refractivity contribution is -0.125. The van der Waals surface area contributed by atoms with Crippen molar-refractivity contribution in [3.8, 4) is 0 Å². The Labute approximate surface area is 104 Å². The quantitative estimate of drug-likeness (QED) is 0.594. The van der Waals surface area contributed by atoms with Gasteiger partial charge in [-0.15, -0.1) is 0 Å². The zero-order valence-electron chi connectivity index (χ0n) is 10.2. The Hall–Kier alpha value is -1.86. The molecule has 1 aromatic rings. The second-order valence-corrected chi connectivity index (χ2v) is 3.74. The molecule has 1 rings (SSSR count). The maximum atomic E-state index is 11.2. The van der Waals surface area contributed by atoms with Crippen LogP contribution in [0.5, 0.6) is 0 Å². The van der Waals surface area contributed by atoms with Crippen molar-refractivity contribution in [3.63, 3.8) is 0 Å². The van der Waals surface area contributed by atoms with Crippen molar-refractivity contribution in [2.24, 2.45) is 5.73 Å². The summed E-state index contributed by atoms with van der Waals surface area (Å²) < 4.78 is 9.76. The molecule has 0 bridgehead atoms. The van der Waals surface area contributed by atoms with Gasteiger partial charge in [0.05, 0.1) is 13.2 Å². The number of carbonyl (C=O) groups excluding carboxylic acids is 2. The molecule has 0 radical (unpaired) electrons. The zero-order chi connectivity index (χ0) is 13.7. The summed E-state index contributed by atoms with van der Waals surface area (Å²) in [5, 5.41) is 12.1. The van der Waals surface area contributed by atoms with E-state index >= 15 is 0 Å². The first-order chi connectivity index (χ1) is 8.45. The summed E-state index contributed by atoms with van der Waals surface area (Å²) in [5.74, 6) is -0.779. The third kappa shape index (κ3) is 3.57. The predicted molar refractivity (Wildman–Crippen MR) is 61.7 cm³/mol. The molecule has 1 aromatic heterocycles. The van der Waals surface area contributed by atoms with Crippen molar-refractivity contribution in [1.29, 1.82) is 0 Å². The number of furan rings is 1. The van der Waals surface area contributed by atoms with Crippen LogP contribution in [-0.2, 0) is 9.53 Å². The molecule has 0 saturated heterocycles. The van der Waals surface area contributed by atoms with E-state index in [0.29, 0.717) is 5.76 Å². The lowest BCUT2D eigenvalue weighted by atomic mass is 10.2. The van der Waals surface area contributed by atoms with Crippen LogP contribution < -0.4 is 11.1 Å². The molecular formula is C11H16N2O5. The number of ether oxygens (including phenoxy) is 1. The Morgan fingerprint density at radius 3 is 2.78 bits per heavy atom. The number of primary amides is 1. The Morgan fingerprint density at radius 1 is 1.56 bits per heavy atom. The number of rotatable bonds is 6. The average Bonchev–Trinajstić information content (AvgIpc) is 2.83. The van der Waals surface area contributed by atoms with Crippen molar-refractivity contribution < 1.29 is 23.8 Å². The molecular weight excluding hydrogens is 240 g/mol. The smallest absolute Gasteiger partial charge is 0.373 e. The van der Waals surface area contributed by atoms with Crippen LogP contribution in [0.1, 0.15) is 29.3 Å². The fraction of sp³-hybridized carbons (Fsp3) is 0.455. The van der Waals surface area contributed by atoms with Crippen molar-refractivity contribution in [1.82, 2.24) is 5.32 Å². The van der Waals surface area contributed by atoms with Crippen LogP contribution in [0, 0.1) is 0 Å². The van der Waals surface area contributed by atoms with Crippen LogP contribution >= 0.6 is 0 Å². The van der Waals surface area contributed by atoms with Crippen molar-refractivity contribution in [2.75, 3.05) is 13.7 Å². The summed E-state index contributed by atoms with van der Waals surface area (Å²) in [4.78, 5) is 21.8. The van der Waals surface area contributed by atoms with Gasteiger partial charge in [-0.1, -0.05) is 0 Å². The van der Waals surface area contributed by atoms with Crippen LogP contribution in [-0.4, -0.2) is 36.7 Å². The van der Waals surface area contributed by atoms with Gasteiger partial charge < -0.3 is 25.3 Å². The Bertz CT molecular complexity index is 429. The molecule has 0 fully saturated rings. The summed E-state index contributed by atoms with van der Waals surface area (Å²) in [6.07, 6.45) is -1.26. The number of amides is 1. The fourth-order valence-electron chi connectivity index (χ4n) is 1.29. The number of nitrogens with two attached hydrogens (primary N) is 1. The first-order valence-corrected chi connectivity index (χ1v) is 5.34. The Kier molecular flexibility index (Phi) is 4.87. The summed E-state index contributed by atoms with van der Waals surface area (Å²) in [7, 11) is 1.26. The molecule has 4 N–H and O–H groups in total. The molecule has 0 aliphatic rings. The molecule has 1 amide bonds. The van der Waals surface area contributed by atoms with E-state index in [0.717, 1.165) is 0 Å². The van der Waals surface area contributed by atoms with E-state index in [1.54, 1.807) is 13.0 Å². The van der Waals surface area contributed by atoms with Gasteiger partial charge in [-0.2, -0.15) is 0 Å². The van der Waals surface area contributed by atoms with E-state index < -0.39 is 18.0 Å². The molecule has 2 atom stereocenters. The summed E-state index contributed by atoms with van der Waals surface area (Å²) >= 11 is 0. The molecule has 0 aliphatic heterocycles. The minimum absolute atomic E-state index is 0.00472. The van der Waals surface area contributed by atoms with E-state index in [1.807, 2.05) is 0 Å². The SMILES string of the molecule is COC(=O)c1ccc(C(C)NCC(O)C(N)=O)o1. The summed E-state index contributed by atoms with van der Waals surface area (Å²) in [6.45, 7) is 1.76. The second kappa shape index (κ2) is 6.18. The Morgan fingerprint density at radius 2 is 2.22 bits per heavy atom. The van der Waals surface area contributed by atoms with E-state index in [9.17, 15) is 14.7 Å². The average molecular weight is 256 g/mol. The molecule has 0 spiro atoms. The first-order valence-electron chi connectivity index (χ1n) is 5.34. The topological polar surface area (TPSA) is 115 Å². The van der Waals surface area contributed by atoms with Gasteiger partial charge >= 0.3 is 5.97 Å². The summed E-state index contributed by atoms with van der Waals surface area (Å²) in [5.41, 5.74) is 4.91. The molecule has 7 heteroatoms. The molecule has 18 heavy (non-hydrogen) atoms. The number of methoxy groups -OCH3 is 1. The van der Waals surface area contributed by atoms with E-state index in [4.69, 9.17) is 10.2 Å². The number of nitrogens with one attached hydrogen (secondary N) is 1. The minimum atomic E-state index is -1.26. The lowest BCUT2D eigenvalue weighted by Crippen LogP contribution is -2.38. The van der Waals surface area contributed by atoms with Crippen LogP contribution in [0.2, 0.25) is 0 Å². The first kappa shape index (κ1) is 14.2. The number of aliphatic hydroxyl groups excluding tert-OH is 1. The van der Waals surface area contributed by atoms with Gasteiger partial charge in [0.1, 0.15) is 11.9 Å². The minimum Gasteiger partial charge on any atom is -0.463 e. The van der Waals surface area contributed by atoms with Gasteiger partial charge in [-0.25, -0.2) is 4.79 Å². The third-order valence-electron chi connectivity index (χ3n) is 2.39. The number of hydrogen-bond acceptors (Lipinski definition) is 6. The van der Waals surface area contributed by atoms with E-state index in [-0.39, 0.29) is 18.3 Å². The fourth-order valence-corrected chi connectivity index (χ4v) is 1.29. The molecule has 0 saturated carbocycles. The normalized spacial score (nSPS) is 13.9. The summed E-state index contributed by atoms with van der Waals surface area (Å²) in [6, 6.07) is 2.82. The van der Waals surface area contributed by atoms with Gasteiger partial charge in [0.25, 0.3) is 0 Å². The number of aliphatic hydroxyl groups is 1. The van der Waals surface area contributed by atoms with Gasteiger partial charge in [-0.3, -0.25) is 4.79 Å². The van der Waals surface area contributed by atoms with Gasteiger partial charge in [0, 0.05) is 6.54 Å². The van der Waals surface area contributed by atoms with Crippen molar-refractivity contribution in [3.05, 3.63) is 23.7 Å². The molecule has 7 nitrogen and oxygen atoms in total. The third-order valence-corrected chi connectivity index (χ3v) is 2.39. The highest BCUT2D eigenvalue weighted by Gasteiger charge is 2.17. The highest BCUT2D eigenvalue weighted by molar-refractivity contribution is 5.86. The predicted octanol–water partition coefficient (Wildman–Crippen LogP) is -0.437. The van der Waals surface area contributed by atoms with Crippen LogP contribution in [0.3, 0.4) is 0 Å². The number of esters is 1. The zero-order valence-corrected chi connectivity index (χ0v) is 10.2. The van der Waals surface area contributed by atoms with E-state index in [1.165, 1.54) is 13.2 Å². The lowest BCUT2D eigenvalue weighted by Gasteiger charge is -2.13. The van der Waals surface area contributed by atoms with Crippen molar-refractivity contribution >= 4 is 11.9 Å². The molecule has 2 unspecified atom stereocenters. The number of hydrogen-bond donors (Lipinski definition) is 3. The maximum absolute atomic E-state index is 11.2. The van der Waals surface area contributed by atoms with Crippen LogP contribution in [0.15, 0.2) is 16.5 Å². The van der Waals surface area contributed by atoms with Gasteiger partial charge in [-0.05, 0) is 19.1 Å². The van der Waals surface area contributed by atoms with Gasteiger partial charge in [0.15, 0.2) is 0 Å². The van der Waals surface area contributed by atoms with Crippen LogP contribution in [0.25, 0.3) is 0 Å².